The number of hydrogen-bond donors (Lipinski definition) is 1. The molecule has 1 fully saturated rings. The molecular formula is C8H7Cl2F2N3. The monoisotopic (exact) mass is 253 g/mol. The molecule has 1 aliphatic carbocycles. The number of nitrogens with two attached hydrogens (primary N) is 1. The molecule has 7 heteroatoms. The van der Waals surface area contributed by atoms with Gasteiger partial charge in [-0.2, -0.15) is 0 Å². The first-order valence-corrected chi connectivity index (χ1v) is 4.94. The highest BCUT2D eigenvalue weighted by Crippen LogP contribution is 2.62. The highest BCUT2D eigenvalue weighted by molar-refractivity contribution is 6.34. The molecule has 1 heterocycles. The third-order valence-corrected chi connectivity index (χ3v) is 3.25. The molecule has 1 atom stereocenters. The maximum Gasteiger partial charge on any atom is 0.260 e. The van der Waals surface area contributed by atoms with Crippen LogP contribution in [-0.4, -0.2) is 22.4 Å². The van der Waals surface area contributed by atoms with Gasteiger partial charge in [-0.15, -0.1) is 0 Å². The summed E-state index contributed by atoms with van der Waals surface area (Å²) in [5.41, 5.74) is 3.93. The molecule has 3 nitrogen and oxygen atoms in total. The van der Waals surface area contributed by atoms with Gasteiger partial charge in [0.1, 0.15) is 16.6 Å². The van der Waals surface area contributed by atoms with Gasteiger partial charge in [-0.25, -0.2) is 18.7 Å². The van der Waals surface area contributed by atoms with E-state index in [0.717, 1.165) is 6.33 Å². The van der Waals surface area contributed by atoms with E-state index in [4.69, 9.17) is 28.9 Å². The van der Waals surface area contributed by atoms with Crippen molar-refractivity contribution >= 4 is 23.2 Å². The molecule has 0 aromatic carbocycles. The molecule has 0 amide bonds. The molecular weight excluding hydrogens is 247 g/mol. The maximum atomic E-state index is 13.2. The van der Waals surface area contributed by atoms with Crippen LogP contribution < -0.4 is 5.73 Å². The lowest BCUT2D eigenvalue weighted by atomic mass is 9.98. The Morgan fingerprint density at radius 2 is 1.80 bits per heavy atom. The number of nitrogens with zero attached hydrogens (tertiary/aromatic N) is 2. The molecule has 1 aliphatic rings. The average Bonchev–Trinajstić information content (AvgIpc) is 2.69. The molecule has 82 valence electrons. The van der Waals surface area contributed by atoms with E-state index in [1.165, 1.54) is 0 Å². The topological polar surface area (TPSA) is 51.8 Å². The summed E-state index contributed by atoms with van der Waals surface area (Å²) < 4.78 is 26.5. The smallest absolute Gasteiger partial charge is 0.260 e. The van der Waals surface area contributed by atoms with Crippen molar-refractivity contribution in [2.75, 3.05) is 6.54 Å². The maximum absolute atomic E-state index is 13.2. The minimum absolute atomic E-state index is 0.0563. The molecule has 1 unspecified atom stereocenters. The molecule has 2 rings (SSSR count). The Kier molecular flexibility index (Phi) is 2.37. The van der Waals surface area contributed by atoms with Crippen LogP contribution in [0.25, 0.3) is 0 Å². The molecule has 0 radical (unpaired) electrons. The number of alkyl halides is 2. The van der Waals surface area contributed by atoms with Crippen LogP contribution in [0.3, 0.4) is 0 Å². The van der Waals surface area contributed by atoms with Crippen LogP contribution in [0, 0.1) is 0 Å². The van der Waals surface area contributed by atoms with Crippen LogP contribution in [0.1, 0.15) is 12.0 Å². The number of halogens is 4. The first-order chi connectivity index (χ1) is 6.94. The predicted molar refractivity (Wildman–Crippen MR) is 52.3 cm³/mol. The molecule has 0 aliphatic heterocycles. The second-order valence-corrected chi connectivity index (χ2v) is 4.21. The van der Waals surface area contributed by atoms with Crippen molar-refractivity contribution in [1.82, 2.24) is 9.97 Å². The van der Waals surface area contributed by atoms with Gasteiger partial charge in [-0.1, -0.05) is 23.2 Å². The Bertz CT molecular complexity index is 393. The van der Waals surface area contributed by atoms with Crippen molar-refractivity contribution in [2.24, 2.45) is 5.73 Å². The van der Waals surface area contributed by atoms with Gasteiger partial charge < -0.3 is 5.73 Å². The first-order valence-electron chi connectivity index (χ1n) is 4.19. The Labute approximate surface area is 94.6 Å². The van der Waals surface area contributed by atoms with Crippen LogP contribution in [-0.2, 0) is 5.41 Å². The second-order valence-electron chi connectivity index (χ2n) is 3.50. The van der Waals surface area contributed by atoms with Gasteiger partial charge in [-0.3, -0.25) is 0 Å². The van der Waals surface area contributed by atoms with E-state index >= 15 is 0 Å². The lowest BCUT2D eigenvalue weighted by molar-refractivity contribution is 0.0895. The van der Waals surface area contributed by atoms with Crippen molar-refractivity contribution in [1.29, 1.82) is 0 Å². The molecule has 0 bridgehead atoms. The minimum atomic E-state index is -2.88. The summed E-state index contributed by atoms with van der Waals surface area (Å²) in [6.07, 6.45) is 0.766. The number of hydrogen-bond acceptors (Lipinski definition) is 3. The number of aromatic nitrogens is 2. The Morgan fingerprint density at radius 3 is 2.13 bits per heavy atom. The van der Waals surface area contributed by atoms with Crippen LogP contribution in [0.15, 0.2) is 6.33 Å². The lowest BCUT2D eigenvalue weighted by Gasteiger charge is -2.15. The molecule has 1 aromatic heterocycles. The fourth-order valence-corrected chi connectivity index (χ4v) is 2.35. The predicted octanol–water partition coefficient (Wildman–Crippen LogP) is 2.02. The Balaban J connectivity index is 2.55. The minimum Gasteiger partial charge on any atom is -0.329 e. The van der Waals surface area contributed by atoms with E-state index < -0.39 is 11.3 Å². The summed E-state index contributed by atoms with van der Waals surface area (Å²) >= 11 is 11.5. The quantitative estimate of drug-likeness (QED) is 0.821. The van der Waals surface area contributed by atoms with Crippen molar-refractivity contribution in [2.45, 2.75) is 17.8 Å². The van der Waals surface area contributed by atoms with Crippen LogP contribution >= 0.6 is 23.2 Å². The van der Waals surface area contributed by atoms with Crippen LogP contribution in [0.5, 0.6) is 0 Å². The van der Waals surface area contributed by atoms with Crippen molar-refractivity contribution < 1.29 is 8.78 Å². The molecule has 0 spiro atoms. The standard InChI is InChI=1S/C8H7Cl2F2N3/c9-5-4(6(10)15-3-14-5)7(2-13)1-8(7,11)12/h3H,1-2,13H2. The SMILES string of the molecule is NCC1(c2c(Cl)ncnc2Cl)CC1(F)F. The summed E-state index contributed by atoms with van der Waals surface area (Å²) in [4.78, 5) is 7.28. The first kappa shape index (κ1) is 11.0. The fraction of sp³-hybridized carbons (Fsp3) is 0.500. The summed E-state index contributed by atoms with van der Waals surface area (Å²) in [6.45, 7) is -0.229. The molecule has 1 saturated carbocycles. The zero-order valence-corrected chi connectivity index (χ0v) is 8.99. The highest BCUT2D eigenvalue weighted by Gasteiger charge is 2.72. The zero-order chi connectivity index (χ0) is 11.3. The highest BCUT2D eigenvalue weighted by atomic mass is 35.5. The van der Waals surface area contributed by atoms with E-state index in [-0.39, 0.29) is 28.8 Å². The van der Waals surface area contributed by atoms with E-state index in [2.05, 4.69) is 9.97 Å². The number of rotatable bonds is 2. The van der Waals surface area contributed by atoms with Crippen molar-refractivity contribution in [3.63, 3.8) is 0 Å². The second kappa shape index (κ2) is 3.23. The summed E-state index contributed by atoms with van der Waals surface area (Å²) in [7, 11) is 0. The molecule has 1 aromatic rings. The molecule has 15 heavy (non-hydrogen) atoms. The average molecular weight is 254 g/mol. The fourth-order valence-electron chi connectivity index (χ4n) is 1.67. The molecule has 0 saturated heterocycles. The van der Waals surface area contributed by atoms with E-state index in [1.807, 2.05) is 0 Å². The third kappa shape index (κ3) is 1.41. The van der Waals surface area contributed by atoms with Crippen LogP contribution in [0.4, 0.5) is 8.78 Å². The summed E-state index contributed by atoms with van der Waals surface area (Å²) in [5.74, 6) is -2.88. The Morgan fingerprint density at radius 1 is 1.33 bits per heavy atom. The normalized spacial score (nSPS) is 27.8. The summed E-state index contributed by atoms with van der Waals surface area (Å²) in [5, 5.41) is -0.116. The molecule has 2 N–H and O–H groups in total. The van der Waals surface area contributed by atoms with E-state index in [0.29, 0.717) is 0 Å². The van der Waals surface area contributed by atoms with Gasteiger partial charge in [0, 0.05) is 18.5 Å². The summed E-state index contributed by atoms with van der Waals surface area (Å²) in [6, 6.07) is 0. The van der Waals surface area contributed by atoms with E-state index in [9.17, 15) is 8.78 Å². The van der Waals surface area contributed by atoms with E-state index in [1.54, 1.807) is 0 Å². The van der Waals surface area contributed by atoms with Gasteiger partial charge >= 0.3 is 0 Å². The lowest BCUT2D eigenvalue weighted by Crippen LogP contribution is -2.28. The third-order valence-electron chi connectivity index (χ3n) is 2.68. The van der Waals surface area contributed by atoms with Gasteiger partial charge in [0.05, 0.1) is 5.41 Å². The van der Waals surface area contributed by atoms with Gasteiger partial charge in [-0.05, 0) is 0 Å². The van der Waals surface area contributed by atoms with Gasteiger partial charge in [0.15, 0.2) is 0 Å². The Hall–Kier alpha value is -0.520. The van der Waals surface area contributed by atoms with Crippen molar-refractivity contribution in [3.8, 4) is 0 Å². The largest absolute Gasteiger partial charge is 0.329 e. The van der Waals surface area contributed by atoms with Gasteiger partial charge in [0.25, 0.3) is 5.92 Å². The van der Waals surface area contributed by atoms with Crippen molar-refractivity contribution in [3.05, 3.63) is 22.2 Å². The zero-order valence-electron chi connectivity index (χ0n) is 7.48. The van der Waals surface area contributed by atoms with Gasteiger partial charge in [0.2, 0.25) is 0 Å². The van der Waals surface area contributed by atoms with Crippen LogP contribution in [0.2, 0.25) is 10.3 Å².